The van der Waals surface area contributed by atoms with Crippen molar-refractivity contribution in [2.45, 2.75) is 46.1 Å². The lowest BCUT2D eigenvalue weighted by Crippen LogP contribution is -2.30. The Kier molecular flexibility index (Phi) is 3.86. The molecule has 0 aromatic carbocycles. The van der Waals surface area contributed by atoms with E-state index in [1.54, 1.807) is 0 Å². The van der Waals surface area contributed by atoms with Gasteiger partial charge in [0.2, 0.25) is 5.95 Å². The molecule has 1 N–H and O–H groups in total. The van der Waals surface area contributed by atoms with Crippen molar-refractivity contribution in [1.82, 2.24) is 14.8 Å². The van der Waals surface area contributed by atoms with Gasteiger partial charge in [0.25, 0.3) is 0 Å². The van der Waals surface area contributed by atoms with Gasteiger partial charge in [-0.05, 0) is 51.2 Å². The lowest BCUT2D eigenvalue weighted by atomic mass is 10.3. The predicted octanol–water partition coefficient (Wildman–Crippen LogP) is 3.15. The average molecular weight is 254 g/mol. The van der Waals surface area contributed by atoms with Gasteiger partial charge in [-0.1, -0.05) is 6.92 Å². The zero-order valence-electron chi connectivity index (χ0n) is 10.9. The highest BCUT2D eigenvalue weighted by atomic mass is 32.1. The van der Waals surface area contributed by atoms with Gasteiger partial charge in [-0.2, -0.15) is 0 Å². The van der Waals surface area contributed by atoms with E-state index in [2.05, 4.69) is 40.4 Å². The first kappa shape index (κ1) is 12.6. The van der Waals surface area contributed by atoms with Crippen molar-refractivity contribution >= 4 is 18.2 Å². The van der Waals surface area contributed by atoms with E-state index in [9.17, 15) is 0 Å². The second-order valence-corrected chi connectivity index (χ2v) is 5.57. The fourth-order valence-electron chi connectivity index (χ4n) is 2.14. The summed E-state index contributed by atoms with van der Waals surface area (Å²) in [5.41, 5.74) is 0. The number of hydrogen-bond acceptors (Lipinski definition) is 3. The molecular formula is C12H22N4S. The molecule has 1 heterocycles. The minimum atomic E-state index is 0.356. The summed E-state index contributed by atoms with van der Waals surface area (Å²) in [5.74, 6) is 1.88. The van der Waals surface area contributed by atoms with Crippen LogP contribution in [0.2, 0.25) is 0 Å². The summed E-state index contributed by atoms with van der Waals surface area (Å²) in [6, 6.07) is 0.356. The highest BCUT2D eigenvalue weighted by Crippen LogP contribution is 2.31. The molecule has 17 heavy (non-hydrogen) atoms. The summed E-state index contributed by atoms with van der Waals surface area (Å²) in [5, 5.41) is 7.33. The SMILES string of the molecule is CCCN(CC1CC1)c1n[nH]c(=S)n1C(C)C. The Hall–Kier alpha value is -0.840. The molecule has 1 saturated carbocycles. The van der Waals surface area contributed by atoms with Gasteiger partial charge in [-0.15, -0.1) is 5.10 Å². The van der Waals surface area contributed by atoms with Crippen molar-refractivity contribution in [2.75, 3.05) is 18.0 Å². The lowest BCUT2D eigenvalue weighted by molar-refractivity contribution is 0.568. The maximum Gasteiger partial charge on any atom is 0.225 e. The summed E-state index contributed by atoms with van der Waals surface area (Å²) in [6.07, 6.45) is 3.88. The molecule has 0 atom stereocenters. The van der Waals surface area contributed by atoms with Crippen LogP contribution < -0.4 is 4.90 Å². The standard InChI is InChI=1S/C12H22N4S/c1-4-7-15(8-10-5-6-10)11-13-14-12(17)16(11)9(2)3/h9-10H,4-8H2,1-3H3,(H,14,17). The zero-order valence-corrected chi connectivity index (χ0v) is 11.8. The second-order valence-electron chi connectivity index (χ2n) is 5.18. The van der Waals surface area contributed by atoms with Gasteiger partial charge in [0.1, 0.15) is 0 Å². The van der Waals surface area contributed by atoms with Gasteiger partial charge in [0.05, 0.1) is 0 Å². The van der Waals surface area contributed by atoms with Gasteiger partial charge >= 0.3 is 0 Å². The molecule has 96 valence electrons. The molecule has 1 aromatic rings. The highest BCUT2D eigenvalue weighted by Gasteiger charge is 2.26. The normalized spacial score (nSPS) is 15.5. The smallest absolute Gasteiger partial charge is 0.225 e. The molecule has 0 unspecified atom stereocenters. The largest absolute Gasteiger partial charge is 0.341 e. The van der Waals surface area contributed by atoms with Crippen LogP contribution in [0.4, 0.5) is 5.95 Å². The Morgan fingerprint density at radius 3 is 2.76 bits per heavy atom. The third kappa shape index (κ3) is 2.89. The zero-order chi connectivity index (χ0) is 12.4. The topological polar surface area (TPSA) is 36.9 Å². The van der Waals surface area contributed by atoms with Crippen LogP contribution in [0.5, 0.6) is 0 Å². The van der Waals surface area contributed by atoms with Crippen LogP contribution in [0, 0.1) is 10.7 Å². The number of H-pyrrole nitrogens is 1. The number of anilines is 1. The number of aromatic nitrogens is 3. The number of rotatable bonds is 6. The van der Waals surface area contributed by atoms with Crippen LogP contribution in [0.25, 0.3) is 0 Å². The lowest BCUT2D eigenvalue weighted by Gasteiger charge is -2.24. The van der Waals surface area contributed by atoms with Crippen molar-refractivity contribution in [3.05, 3.63) is 4.77 Å². The van der Waals surface area contributed by atoms with E-state index < -0.39 is 0 Å². The summed E-state index contributed by atoms with van der Waals surface area (Å²) in [4.78, 5) is 2.38. The van der Waals surface area contributed by atoms with Gasteiger partial charge in [0, 0.05) is 19.1 Å². The first-order valence-electron chi connectivity index (χ1n) is 6.55. The van der Waals surface area contributed by atoms with Crippen LogP contribution in [0.15, 0.2) is 0 Å². The van der Waals surface area contributed by atoms with E-state index in [1.807, 2.05) is 0 Å². The fraction of sp³-hybridized carbons (Fsp3) is 0.833. The van der Waals surface area contributed by atoms with Gasteiger partial charge in [0.15, 0.2) is 4.77 Å². The molecule has 0 radical (unpaired) electrons. The fourth-order valence-corrected chi connectivity index (χ4v) is 2.48. The third-order valence-corrected chi connectivity index (χ3v) is 3.44. The summed E-state index contributed by atoms with van der Waals surface area (Å²) < 4.78 is 2.85. The quantitative estimate of drug-likeness (QED) is 0.792. The Labute approximate surface area is 108 Å². The van der Waals surface area contributed by atoms with Gasteiger partial charge in [-0.3, -0.25) is 4.57 Å². The molecule has 2 rings (SSSR count). The predicted molar refractivity (Wildman–Crippen MR) is 73.0 cm³/mol. The Bertz CT molecular complexity index is 416. The average Bonchev–Trinajstić information content (AvgIpc) is 2.99. The molecule has 1 aliphatic rings. The molecule has 1 aliphatic carbocycles. The van der Waals surface area contributed by atoms with E-state index in [-0.39, 0.29) is 0 Å². The minimum Gasteiger partial charge on any atom is -0.341 e. The monoisotopic (exact) mass is 254 g/mol. The van der Waals surface area contributed by atoms with E-state index in [0.717, 1.165) is 36.1 Å². The number of hydrogen-bond donors (Lipinski definition) is 1. The maximum atomic E-state index is 5.30. The van der Waals surface area contributed by atoms with Gasteiger partial charge < -0.3 is 4.90 Å². The first-order chi connectivity index (χ1) is 8.13. The van der Waals surface area contributed by atoms with Crippen molar-refractivity contribution in [3.63, 3.8) is 0 Å². The highest BCUT2D eigenvalue weighted by molar-refractivity contribution is 7.71. The molecule has 0 amide bonds. The number of nitrogens with zero attached hydrogens (tertiary/aromatic N) is 3. The molecule has 4 nitrogen and oxygen atoms in total. The van der Waals surface area contributed by atoms with E-state index in [4.69, 9.17) is 12.2 Å². The molecule has 1 aromatic heterocycles. The van der Waals surface area contributed by atoms with Crippen LogP contribution in [-0.2, 0) is 0 Å². The maximum absolute atomic E-state index is 5.30. The van der Waals surface area contributed by atoms with E-state index in [1.165, 1.54) is 12.8 Å². The molecular weight excluding hydrogens is 232 g/mol. The molecule has 1 fully saturated rings. The van der Waals surface area contributed by atoms with Crippen molar-refractivity contribution in [1.29, 1.82) is 0 Å². The van der Waals surface area contributed by atoms with Crippen LogP contribution in [0.1, 0.15) is 46.1 Å². The Balaban J connectivity index is 2.24. The second kappa shape index (κ2) is 5.21. The Morgan fingerprint density at radius 1 is 1.53 bits per heavy atom. The molecule has 5 heteroatoms. The minimum absolute atomic E-state index is 0.356. The summed E-state index contributed by atoms with van der Waals surface area (Å²) >= 11 is 5.30. The molecule has 0 spiro atoms. The number of aromatic amines is 1. The van der Waals surface area contributed by atoms with Crippen LogP contribution >= 0.6 is 12.2 Å². The Morgan fingerprint density at radius 2 is 2.24 bits per heavy atom. The molecule has 0 aliphatic heterocycles. The van der Waals surface area contributed by atoms with Crippen molar-refractivity contribution in [2.24, 2.45) is 5.92 Å². The number of nitrogens with one attached hydrogen (secondary N) is 1. The van der Waals surface area contributed by atoms with Crippen molar-refractivity contribution in [3.8, 4) is 0 Å². The first-order valence-corrected chi connectivity index (χ1v) is 6.96. The summed E-state index contributed by atoms with van der Waals surface area (Å²) in [6.45, 7) is 8.69. The van der Waals surface area contributed by atoms with Crippen molar-refractivity contribution < 1.29 is 0 Å². The van der Waals surface area contributed by atoms with Crippen LogP contribution in [-0.4, -0.2) is 27.9 Å². The third-order valence-electron chi connectivity index (χ3n) is 3.15. The molecule has 0 bridgehead atoms. The molecule has 0 saturated heterocycles. The van der Waals surface area contributed by atoms with Gasteiger partial charge in [-0.25, -0.2) is 5.10 Å². The van der Waals surface area contributed by atoms with E-state index in [0.29, 0.717) is 6.04 Å². The summed E-state index contributed by atoms with van der Waals surface area (Å²) in [7, 11) is 0. The van der Waals surface area contributed by atoms with E-state index >= 15 is 0 Å². The van der Waals surface area contributed by atoms with Crippen LogP contribution in [0.3, 0.4) is 0 Å².